The van der Waals surface area contributed by atoms with Crippen LogP contribution in [0.1, 0.15) is 32.1 Å². The van der Waals surface area contributed by atoms with Gasteiger partial charge in [0.15, 0.2) is 0 Å². The first-order valence-corrected chi connectivity index (χ1v) is 6.60. The molecule has 0 heterocycles. The van der Waals surface area contributed by atoms with Gasteiger partial charge in [0.1, 0.15) is 12.4 Å². The predicted molar refractivity (Wildman–Crippen MR) is 75.0 cm³/mol. The van der Waals surface area contributed by atoms with Crippen LogP contribution in [0.3, 0.4) is 0 Å². The Morgan fingerprint density at radius 2 is 2.00 bits per heavy atom. The van der Waals surface area contributed by atoms with Crippen molar-refractivity contribution < 1.29 is 14.3 Å². The number of anilines is 1. The van der Waals surface area contributed by atoms with Crippen molar-refractivity contribution in [3.05, 3.63) is 30.3 Å². The summed E-state index contributed by atoms with van der Waals surface area (Å²) in [4.78, 5) is 22.2. The molecule has 0 aliphatic carbocycles. The van der Waals surface area contributed by atoms with Crippen LogP contribution in [0.25, 0.3) is 0 Å². The third kappa shape index (κ3) is 6.15. The van der Waals surface area contributed by atoms with Gasteiger partial charge in [-0.1, -0.05) is 31.0 Å². The van der Waals surface area contributed by atoms with Crippen molar-refractivity contribution in [1.82, 2.24) is 0 Å². The Morgan fingerprint density at radius 1 is 1.26 bits per heavy atom. The van der Waals surface area contributed by atoms with E-state index in [2.05, 4.69) is 5.32 Å². The van der Waals surface area contributed by atoms with E-state index in [0.29, 0.717) is 12.8 Å². The third-order valence-corrected chi connectivity index (χ3v) is 2.91. The lowest BCUT2D eigenvalue weighted by molar-refractivity contribution is -0.126. The number of para-hydroxylation sites is 1. The van der Waals surface area contributed by atoms with Crippen molar-refractivity contribution in [3.63, 3.8) is 0 Å². The lowest BCUT2D eigenvalue weighted by Crippen LogP contribution is -2.29. The van der Waals surface area contributed by atoms with Gasteiger partial charge >= 0.3 is 0 Å². The van der Waals surface area contributed by atoms with Crippen LogP contribution in [0.4, 0.5) is 5.69 Å². The maximum Gasteiger partial charge on any atom is 0.253 e. The molecule has 0 saturated carbocycles. The predicted octanol–water partition coefficient (Wildman–Crippen LogP) is 2.79. The molecule has 1 aromatic rings. The topological polar surface area (TPSA) is 55.4 Å². The normalized spacial score (nSPS) is 11.8. The number of carbonyl (C=O) groups is 2. The molecule has 1 aromatic carbocycles. The smallest absolute Gasteiger partial charge is 0.253 e. The van der Waals surface area contributed by atoms with Gasteiger partial charge in [-0.15, -0.1) is 0 Å². The molecule has 104 valence electrons. The zero-order chi connectivity index (χ0) is 13.9. The number of methoxy groups -OCH3 is 1. The molecular formula is C15H21NO3. The Bertz CT molecular complexity index is 378. The molecule has 1 unspecified atom stereocenters. The van der Waals surface area contributed by atoms with Crippen LogP contribution < -0.4 is 5.32 Å². The van der Waals surface area contributed by atoms with E-state index in [1.807, 2.05) is 30.3 Å². The summed E-state index contributed by atoms with van der Waals surface area (Å²) in [7, 11) is 1.54. The highest BCUT2D eigenvalue weighted by atomic mass is 16.5. The van der Waals surface area contributed by atoms with Gasteiger partial charge in [-0.3, -0.25) is 4.79 Å². The molecule has 1 atom stereocenters. The van der Waals surface area contributed by atoms with Crippen LogP contribution in [0.5, 0.6) is 0 Å². The fourth-order valence-electron chi connectivity index (χ4n) is 1.83. The number of benzene rings is 1. The van der Waals surface area contributed by atoms with Gasteiger partial charge in [0.2, 0.25) is 0 Å². The molecule has 1 N–H and O–H groups in total. The summed E-state index contributed by atoms with van der Waals surface area (Å²) in [6.45, 7) is 0. The van der Waals surface area contributed by atoms with Crippen molar-refractivity contribution in [2.75, 3.05) is 12.4 Å². The van der Waals surface area contributed by atoms with E-state index >= 15 is 0 Å². The SMILES string of the molecule is COC(CCCCCC=O)C(=O)Nc1ccccc1. The van der Waals surface area contributed by atoms with Crippen molar-refractivity contribution in [3.8, 4) is 0 Å². The van der Waals surface area contributed by atoms with E-state index in [9.17, 15) is 9.59 Å². The van der Waals surface area contributed by atoms with Crippen LogP contribution in [-0.4, -0.2) is 25.4 Å². The lowest BCUT2D eigenvalue weighted by Gasteiger charge is -2.15. The Morgan fingerprint density at radius 3 is 2.63 bits per heavy atom. The van der Waals surface area contributed by atoms with Crippen LogP contribution in [0.2, 0.25) is 0 Å². The monoisotopic (exact) mass is 263 g/mol. The minimum Gasteiger partial charge on any atom is -0.372 e. The molecular weight excluding hydrogens is 242 g/mol. The number of carbonyl (C=O) groups excluding carboxylic acids is 2. The number of unbranched alkanes of at least 4 members (excludes halogenated alkanes) is 3. The summed E-state index contributed by atoms with van der Waals surface area (Å²) in [5, 5.41) is 2.82. The highest BCUT2D eigenvalue weighted by molar-refractivity contribution is 5.94. The first kappa shape index (κ1) is 15.4. The molecule has 0 radical (unpaired) electrons. The van der Waals surface area contributed by atoms with E-state index in [1.165, 1.54) is 0 Å². The van der Waals surface area contributed by atoms with Gasteiger partial charge in [-0.2, -0.15) is 0 Å². The number of aldehydes is 1. The van der Waals surface area contributed by atoms with E-state index in [-0.39, 0.29) is 5.91 Å². The Kier molecular flexibility index (Phi) is 7.51. The second-order valence-electron chi connectivity index (χ2n) is 4.38. The van der Waals surface area contributed by atoms with Crippen LogP contribution in [0.15, 0.2) is 30.3 Å². The molecule has 4 nitrogen and oxygen atoms in total. The fraction of sp³-hybridized carbons (Fsp3) is 0.467. The number of amides is 1. The molecule has 0 aliphatic rings. The van der Waals surface area contributed by atoms with Crippen LogP contribution >= 0.6 is 0 Å². The molecule has 19 heavy (non-hydrogen) atoms. The summed E-state index contributed by atoms with van der Waals surface area (Å²) < 4.78 is 5.21. The molecule has 0 aliphatic heterocycles. The lowest BCUT2D eigenvalue weighted by atomic mass is 10.1. The molecule has 0 spiro atoms. The second-order valence-corrected chi connectivity index (χ2v) is 4.38. The zero-order valence-electron chi connectivity index (χ0n) is 11.3. The fourth-order valence-corrected chi connectivity index (χ4v) is 1.83. The van der Waals surface area contributed by atoms with E-state index in [4.69, 9.17) is 4.74 Å². The van der Waals surface area contributed by atoms with Crippen LogP contribution in [-0.2, 0) is 14.3 Å². The van der Waals surface area contributed by atoms with Gasteiger partial charge in [-0.25, -0.2) is 0 Å². The van der Waals surface area contributed by atoms with E-state index in [0.717, 1.165) is 31.2 Å². The van der Waals surface area contributed by atoms with Crippen molar-refractivity contribution in [2.24, 2.45) is 0 Å². The van der Waals surface area contributed by atoms with Crippen molar-refractivity contribution in [2.45, 2.75) is 38.2 Å². The molecule has 4 heteroatoms. The van der Waals surface area contributed by atoms with Gasteiger partial charge in [0.25, 0.3) is 5.91 Å². The quantitative estimate of drug-likeness (QED) is 0.550. The minimum atomic E-state index is -0.434. The number of hydrogen-bond acceptors (Lipinski definition) is 3. The van der Waals surface area contributed by atoms with Gasteiger partial charge in [0, 0.05) is 19.2 Å². The van der Waals surface area contributed by atoms with Gasteiger partial charge in [0.05, 0.1) is 0 Å². The maximum absolute atomic E-state index is 12.0. The van der Waals surface area contributed by atoms with Crippen molar-refractivity contribution >= 4 is 17.9 Å². The maximum atomic E-state index is 12.0. The first-order valence-electron chi connectivity index (χ1n) is 6.60. The molecule has 0 saturated heterocycles. The number of hydrogen-bond donors (Lipinski definition) is 1. The average Bonchev–Trinajstić information content (AvgIpc) is 2.44. The van der Waals surface area contributed by atoms with Crippen molar-refractivity contribution in [1.29, 1.82) is 0 Å². The standard InChI is InChI=1S/C15H21NO3/c1-19-14(11-7-2-3-8-12-17)15(18)16-13-9-5-4-6-10-13/h4-6,9-10,12,14H,2-3,7-8,11H2,1H3,(H,16,18). The van der Waals surface area contributed by atoms with Gasteiger partial charge in [-0.05, 0) is 25.0 Å². The van der Waals surface area contributed by atoms with Crippen LogP contribution in [0, 0.1) is 0 Å². The van der Waals surface area contributed by atoms with E-state index < -0.39 is 6.10 Å². The summed E-state index contributed by atoms with van der Waals surface area (Å²) in [6, 6.07) is 9.33. The highest BCUT2D eigenvalue weighted by Crippen LogP contribution is 2.11. The molecule has 1 amide bonds. The summed E-state index contributed by atoms with van der Waals surface area (Å²) in [5.41, 5.74) is 0.774. The third-order valence-electron chi connectivity index (χ3n) is 2.91. The number of rotatable bonds is 9. The van der Waals surface area contributed by atoms with E-state index in [1.54, 1.807) is 7.11 Å². The first-order chi connectivity index (χ1) is 9.27. The molecule has 0 aromatic heterocycles. The number of nitrogens with one attached hydrogen (secondary N) is 1. The minimum absolute atomic E-state index is 0.121. The summed E-state index contributed by atoms with van der Waals surface area (Å²) >= 11 is 0. The van der Waals surface area contributed by atoms with Gasteiger partial charge < -0.3 is 14.8 Å². The average molecular weight is 263 g/mol. The second kappa shape index (κ2) is 9.28. The zero-order valence-corrected chi connectivity index (χ0v) is 11.3. The Hall–Kier alpha value is -1.68. The highest BCUT2D eigenvalue weighted by Gasteiger charge is 2.17. The Labute approximate surface area is 114 Å². The number of ether oxygens (including phenoxy) is 1. The molecule has 0 bridgehead atoms. The molecule has 0 fully saturated rings. The summed E-state index contributed by atoms with van der Waals surface area (Å²) in [6.07, 6.45) is 4.46. The Balaban J connectivity index is 2.33. The molecule has 1 rings (SSSR count). The largest absolute Gasteiger partial charge is 0.372 e. The summed E-state index contributed by atoms with van der Waals surface area (Å²) in [5.74, 6) is -0.121.